The van der Waals surface area contributed by atoms with E-state index in [0.717, 1.165) is 5.56 Å². The molecule has 1 aromatic rings. The second kappa shape index (κ2) is 7.53. The molecule has 4 nitrogen and oxygen atoms in total. The fourth-order valence-electron chi connectivity index (χ4n) is 2.58. The molecule has 0 aliphatic carbocycles. The molecule has 0 unspecified atom stereocenters. The van der Waals surface area contributed by atoms with Crippen LogP contribution >= 0.6 is 11.6 Å². The topological polar surface area (TPSA) is 51.5 Å². The van der Waals surface area contributed by atoms with Gasteiger partial charge in [0.2, 0.25) is 0 Å². The third kappa shape index (κ3) is 4.60. The number of rotatable bonds is 5. The summed E-state index contributed by atoms with van der Waals surface area (Å²) in [7, 11) is 0. The highest BCUT2D eigenvalue weighted by molar-refractivity contribution is 6.33. The van der Waals surface area contributed by atoms with Crippen molar-refractivity contribution in [2.75, 3.05) is 26.4 Å². The van der Waals surface area contributed by atoms with Crippen molar-refractivity contribution in [1.82, 2.24) is 0 Å². The van der Waals surface area contributed by atoms with Crippen molar-refractivity contribution >= 4 is 11.6 Å². The molecule has 0 spiro atoms. The molecule has 1 aliphatic heterocycles. The summed E-state index contributed by atoms with van der Waals surface area (Å²) >= 11 is 6.44. The summed E-state index contributed by atoms with van der Waals surface area (Å²) in [5.41, 5.74) is 0.272. The van der Waals surface area contributed by atoms with Gasteiger partial charge in [0.1, 0.15) is 12.4 Å². The normalized spacial score (nSPS) is 17.5. The molecule has 1 aliphatic rings. The van der Waals surface area contributed by atoms with Crippen molar-refractivity contribution in [2.45, 2.75) is 44.6 Å². The molecule has 0 atom stereocenters. The summed E-state index contributed by atoms with van der Waals surface area (Å²) in [6, 6.07) is 8.08. The predicted octanol–water partition coefficient (Wildman–Crippen LogP) is 4.11. The second-order valence-electron chi connectivity index (χ2n) is 6.78. The first-order chi connectivity index (χ1) is 10.9. The number of halogens is 1. The highest BCUT2D eigenvalue weighted by Gasteiger charge is 2.33. The largest absolute Gasteiger partial charge is 0.490 e. The Labute approximate surface area is 143 Å². The standard InChI is InChI=1S/C18H24ClNO3/c1-17(2,3)14-5-4-6-15(16(14)19)22-11-12-23-18(13-20)7-9-21-10-8-18/h4-6H,7-12H2,1-3H3. The Kier molecular flexibility index (Phi) is 5.91. The first-order valence-corrected chi connectivity index (χ1v) is 8.30. The van der Waals surface area contributed by atoms with Gasteiger partial charge in [0.15, 0.2) is 5.60 Å². The van der Waals surface area contributed by atoms with Crippen molar-refractivity contribution in [3.05, 3.63) is 28.8 Å². The van der Waals surface area contributed by atoms with Crippen LogP contribution in [-0.4, -0.2) is 32.0 Å². The van der Waals surface area contributed by atoms with E-state index in [0.29, 0.717) is 50.0 Å². The Bertz CT molecular complexity index is 569. The maximum Gasteiger partial charge on any atom is 0.158 e. The fourth-order valence-corrected chi connectivity index (χ4v) is 3.04. The van der Waals surface area contributed by atoms with E-state index in [2.05, 4.69) is 26.8 Å². The van der Waals surface area contributed by atoms with Gasteiger partial charge in [-0.15, -0.1) is 0 Å². The number of ether oxygens (including phenoxy) is 3. The van der Waals surface area contributed by atoms with E-state index >= 15 is 0 Å². The van der Waals surface area contributed by atoms with Crippen LogP contribution in [0.2, 0.25) is 5.02 Å². The van der Waals surface area contributed by atoms with Crippen LogP contribution in [0.15, 0.2) is 18.2 Å². The van der Waals surface area contributed by atoms with Gasteiger partial charge < -0.3 is 14.2 Å². The van der Waals surface area contributed by atoms with E-state index in [9.17, 15) is 5.26 Å². The number of nitriles is 1. The maximum absolute atomic E-state index is 9.34. The second-order valence-corrected chi connectivity index (χ2v) is 7.16. The molecule has 0 aromatic heterocycles. The van der Waals surface area contributed by atoms with E-state index < -0.39 is 5.60 Å². The van der Waals surface area contributed by atoms with Crippen LogP contribution in [-0.2, 0) is 14.9 Å². The van der Waals surface area contributed by atoms with Gasteiger partial charge >= 0.3 is 0 Å². The van der Waals surface area contributed by atoms with Crippen LogP contribution in [0.1, 0.15) is 39.2 Å². The summed E-state index contributed by atoms with van der Waals surface area (Å²) < 4.78 is 16.8. The predicted molar refractivity (Wildman–Crippen MR) is 90.0 cm³/mol. The van der Waals surface area contributed by atoms with Gasteiger partial charge in [0, 0.05) is 12.8 Å². The summed E-state index contributed by atoms with van der Waals surface area (Å²) in [5.74, 6) is 0.653. The molecule has 0 radical (unpaired) electrons. The first kappa shape index (κ1) is 18.1. The Balaban J connectivity index is 1.91. The summed E-state index contributed by atoms with van der Waals surface area (Å²) in [6.07, 6.45) is 1.20. The van der Waals surface area contributed by atoms with Crippen molar-refractivity contribution in [3.8, 4) is 11.8 Å². The van der Waals surface area contributed by atoms with E-state index in [-0.39, 0.29) is 5.41 Å². The van der Waals surface area contributed by atoms with Gasteiger partial charge in [-0.25, -0.2) is 0 Å². The van der Waals surface area contributed by atoms with Crippen LogP contribution in [0.5, 0.6) is 5.75 Å². The summed E-state index contributed by atoms with van der Waals surface area (Å²) in [6.45, 7) is 8.18. The molecule has 5 heteroatoms. The van der Waals surface area contributed by atoms with Crippen LogP contribution in [0.4, 0.5) is 0 Å². The zero-order valence-electron chi connectivity index (χ0n) is 14.0. The molecule has 126 valence electrons. The zero-order chi connectivity index (χ0) is 16.9. The monoisotopic (exact) mass is 337 g/mol. The third-order valence-electron chi connectivity index (χ3n) is 3.99. The Hall–Kier alpha value is -1.28. The molecule has 1 fully saturated rings. The van der Waals surface area contributed by atoms with Crippen molar-refractivity contribution in [1.29, 1.82) is 5.26 Å². The Morgan fingerprint density at radius 1 is 1.26 bits per heavy atom. The highest BCUT2D eigenvalue weighted by Crippen LogP contribution is 2.35. The average Bonchev–Trinajstić information content (AvgIpc) is 2.52. The minimum absolute atomic E-state index is 0.0417. The minimum Gasteiger partial charge on any atom is -0.490 e. The molecular weight excluding hydrogens is 314 g/mol. The first-order valence-electron chi connectivity index (χ1n) is 7.93. The highest BCUT2D eigenvalue weighted by atomic mass is 35.5. The Morgan fingerprint density at radius 3 is 2.57 bits per heavy atom. The quantitative estimate of drug-likeness (QED) is 0.759. The maximum atomic E-state index is 9.34. The molecule has 0 amide bonds. The number of benzene rings is 1. The molecule has 0 N–H and O–H groups in total. The van der Waals surface area contributed by atoms with Crippen LogP contribution in [0.3, 0.4) is 0 Å². The van der Waals surface area contributed by atoms with Crippen LogP contribution < -0.4 is 4.74 Å². The van der Waals surface area contributed by atoms with E-state index in [1.54, 1.807) is 0 Å². The molecule has 0 saturated carbocycles. The molecule has 23 heavy (non-hydrogen) atoms. The minimum atomic E-state index is -0.737. The molecular formula is C18H24ClNO3. The lowest BCUT2D eigenvalue weighted by molar-refractivity contribution is -0.0815. The number of nitrogens with zero attached hydrogens (tertiary/aromatic N) is 1. The molecule has 1 heterocycles. The molecule has 1 saturated heterocycles. The van der Waals surface area contributed by atoms with Gasteiger partial charge in [0.05, 0.1) is 30.9 Å². The van der Waals surface area contributed by atoms with Gasteiger partial charge in [0.25, 0.3) is 0 Å². The fraction of sp³-hybridized carbons (Fsp3) is 0.611. The lowest BCUT2D eigenvalue weighted by Gasteiger charge is -2.30. The lowest BCUT2D eigenvalue weighted by Crippen LogP contribution is -2.38. The van der Waals surface area contributed by atoms with E-state index in [1.807, 2.05) is 18.2 Å². The molecule has 1 aromatic carbocycles. The van der Waals surface area contributed by atoms with Gasteiger partial charge in [-0.05, 0) is 17.0 Å². The molecule has 2 rings (SSSR count). The van der Waals surface area contributed by atoms with E-state index in [4.69, 9.17) is 25.8 Å². The number of hydrogen-bond donors (Lipinski definition) is 0. The van der Waals surface area contributed by atoms with Crippen molar-refractivity contribution in [2.24, 2.45) is 0 Å². The van der Waals surface area contributed by atoms with Crippen LogP contribution in [0.25, 0.3) is 0 Å². The lowest BCUT2D eigenvalue weighted by atomic mass is 9.87. The van der Waals surface area contributed by atoms with E-state index in [1.165, 1.54) is 0 Å². The SMILES string of the molecule is CC(C)(C)c1cccc(OCCOC2(C#N)CCOCC2)c1Cl. The smallest absolute Gasteiger partial charge is 0.158 e. The summed E-state index contributed by atoms with van der Waals surface area (Å²) in [5, 5.41) is 9.98. The summed E-state index contributed by atoms with van der Waals surface area (Å²) in [4.78, 5) is 0. The van der Waals surface area contributed by atoms with Gasteiger partial charge in [-0.1, -0.05) is 44.5 Å². The van der Waals surface area contributed by atoms with Crippen molar-refractivity contribution in [3.63, 3.8) is 0 Å². The average molecular weight is 338 g/mol. The third-order valence-corrected chi connectivity index (χ3v) is 4.38. The van der Waals surface area contributed by atoms with Gasteiger partial charge in [-0.3, -0.25) is 0 Å². The van der Waals surface area contributed by atoms with Crippen LogP contribution in [0, 0.1) is 11.3 Å². The number of hydrogen-bond acceptors (Lipinski definition) is 4. The van der Waals surface area contributed by atoms with Crippen molar-refractivity contribution < 1.29 is 14.2 Å². The zero-order valence-corrected chi connectivity index (χ0v) is 14.8. The van der Waals surface area contributed by atoms with Gasteiger partial charge in [-0.2, -0.15) is 5.26 Å². The molecule has 0 bridgehead atoms. The Morgan fingerprint density at radius 2 is 1.96 bits per heavy atom.